The topological polar surface area (TPSA) is 76.5 Å². The largest absolute Gasteiger partial charge is 0.481 e. The Morgan fingerprint density at radius 1 is 1.69 bits per heavy atom. The fraction of sp³-hybridized carbons (Fsp3) is 0.444. The van der Waals surface area contributed by atoms with Gasteiger partial charge in [0, 0.05) is 11.6 Å². The van der Waals surface area contributed by atoms with Crippen LogP contribution in [-0.2, 0) is 4.79 Å². The lowest BCUT2D eigenvalue weighted by atomic mass is 9.82. The summed E-state index contributed by atoms with van der Waals surface area (Å²) in [7, 11) is 0. The van der Waals surface area contributed by atoms with Gasteiger partial charge in [-0.1, -0.05) is 0 Å². The van der Waals surface area contributed by atoms with E-state index in [4.69, 9.17) is 15.3 Å². The SMILES string of the molecule is CC(C)(C(=O)O)[C@@H](N)c1ccoc1. The van der Waals surface area contributed by atoms with E-state index >= 15 is 0 Å². The van der Waals surface area contributed by atoms with Gasteiger partial charge in [0.1, 0.15) is 0 Å². The maximum absolute atomic E-state index is 10.8. The van der Waals surface area contributed by atoms with E-state index in [2.05, 4.69) is 0 Å². The molecular formula is C9H13NO3. The molecule has 0 saturated carbocycles. The molecule has 0 fully saturated rings. The van der Waals surface area contributed by atoms with Crippen LogP contribution in [0.5, 0.6) is 0 Å². The van der Waals surface area contributed by atoms with Gasteiger partial charge in [0.2, 0.25) is 0 Å². The van der Waals surface area contributed by atoms with E-state index in [0.717, 1.165) is 0 Å². The summed E-state index contributed by atoms with van der Waals surface area (Å²) in [4.78, 5) is 10.8. The first-order chi connectivity index (χ1) is 5.96. The zero-order valence-electron chi connectivity index (χ0n) is 7.65. The van der Waals surface area contributed by atoms with Gasteiger partial charge in [-0.25, -0.2) is 0 Å². The fourth-order valence-electron chi connectivity index (χ4n) is 1.00. The molecule has 0 unspecified atom stereocenters. The maximum Gasteiger partial charge on any atom is 0.311 e. The molecule has 1 aromatic rings. The Hall–Kier alpha value is -1.29. The molecule has 0 radical (unpaired) electrons. The number of carbonyl (C=O) groups is 1. The van der Waals surface area contributed by atoms with Crippen LogP contribution in [0.4, 0.5) is 0 Å². The van der Waals surface area contributed by atoms with Gasteiger partial charge in [-0.05, 0) is 19.9 Å². The Morgan fingerprint density at radius 3 is 2.69 bits per heavy atom. The van der Waals surface area contributed by atoms with Gasteiger partial charge in [-0.2, -0.15) is 0 Å². The van der Waals surface area contributed by atoms with Crippen LogP contribution in [0.1, 0.15) is 25.5 Å². The monoisotopic (exact) mass is 183 g/mol. The number of carboxylic acids is 1. The number of furan rings is 1. The second-order valence-electron chi connectivity index (χ2n) is 3.56. The molecule has 1 rings (SSSR count). The van der Waals surface area contributed by atoms with Gasteiger partial charge in [0.05, 0.1) is 17.9 Å². The molecule has 1 heterocycles. The van der Waals surface area contributed by atoms with Crippen LogP contribution in [0.15, 0.2) is 23.0 Å². The van der Waals surface area contributed by atoms with Crippen molar-refractivity contribution in [2.45, 2.75) is 19.9 Å². The lowest BCUT2D eigenvalue weighted by Gasteiger charge is -2.25. The average Bonchev–Trinajstić information content (AvgIpc) is 2.54. The molecule has 72 valence electrons. The number of aliphatic carboxylic acids is 1. The molecule has 0 aliphatic heterocycles. The Kier molecular flexibility index (Phi) is 2.43. The minimum atomic E-state index is -0.982. The number of nitrogens with two attached hydrogens (primary N) is 1. The molecule has 0 aliphatic carbocycles. The van der Waals surface area contributed by atoms with Gasteiger partial charge < -0.3 is 15.3 Å². The molecule has 3 N–H and O–H groups in total. The summed E-state index contributed by atoms with van der Waals surface area (Å²) < 4.78 is 4.84. The molecule has 0 spiro atoms. The highest BCUT2D eigenvalue weighted by atomic mass is 16.4. The van der Waals surface area contributed by atoms with E-state index in [1.165, 1.54) is 12.5 Å². The lowest BCUT2D eigenvalue weighted by Crippen LogP contribution is -2.36. The Labute approximate surface area is 76.3 Å². The Balaban J connectivity index is 2.90. The van der Waals surface area contributed by atoms with Crippen LogP contribution in [0, 0.1) is 5.41 Å². The van der Waals surface area contributed by atoms with Crippen molar-refractivity contribution in [1.82, 2.24) is 0 Å². The van der Waals surface area contributed by atoms with Crippen LogP contribution in [-0.4, -0.2) is 11.1 Å². The number of carboxylic acid groups (broad SMARTS) is 1. The molecule has 0 amide bonds. The van der Waals surface area contributed by atoms with Gasteiger partial charge >= 0.3 is 5.97 Å². The van der Waals surface area contributed by atoms with Crippen molar-refractivity contribution in [2.75, 3.05) is 0 Å². The van der Waals surface area contributed by atoms with Crippen molar-refractivity contribution in [2.24, 2.45) is 11.1 Å². The minimum Gasteiger partial charge on any atom is -0.481 e. The third-order valence-electron chi connectivity index (χ3n) is 2.23. The minimum absolute atomic E-state index is 0.552. The van der Waals surface area contributed by atoms with E-state index in [1.54, 1.807) is 19.9 Å². The summed E-state index contributed by atoms with van der Waals surface area (Å²) in [6, 6.07) is 1.12. The van der Waals surface area contributed by atoms with Gasteiger partial charge in [0.25, 0.3) is 0 Å². The lowest BCUT2D eigenvalue weighted by molar-refractivity contribution is -0.148. The Bertz CT molecular complexity index is 290. The quantitative estimate of drug-likeness (QED) is 0.742. The molecule has 4 heteroatoms. The summed E-state index contributed by atoms with van der Waals surface area (Å²) >= 11 is 0. The molecule has 0 aromatic carbocycles. The number of hydrogen-bond donors (Lipinski definition) is 2. The fourth-order valence-corrected chi connectivity index (χ4v) is 1.00. The van der Waals surface area contributed by atoms with E-state index < -0.39 is 17.4 Å². The smallest absolute Gasteiger partial charge is 0.311 e. The first-order valence-electron chi connectivity index (χ1n) is 3.97. The second-order valence-corrected chi connectivity index (χ2v) is 3.56. The van der Waals surface area contributed by atoms with Gasteiger partial charge in [0.15, 0.2) is 0 Å². The normalized spacial score (nSPS) is 14.1. The standard InChI is InChI=1S/C9H13NO3/c1-9(2,8(11)12)7(10)6-3-4-13-5-6/h3-5,7H,10H2,1-2H3,(H,11,12)/t7-/m0/s1. The maximum atomic E-state index is 10.8. The van der Waals surface area contributed by atoms with Crippen molar-refractivity contribution >= 4 is 5.97 Å². The number of rotatable bonds is 3. The molecule has 0 bridgehead atoms. The summed E-state index contributed by atoms with van der Waals surface area (Å²) in [5.74, 6) is -0.916. The molecule has 1 aromatic heterocycles. The van der Waals surface area contributed by atoms with Crippen LogP contribution >= 0.6 is 0 Å². The van der Waals surface area contributed by atoms with Crippen molar-refractivity contribution in [3.8, 4) is 0 Å². The highest BCUT2D eigenvalue weighted by Crippen LogP contribution is 2.31. The van der Waals surface area contributed by atoms with Crippen molar-refractivity contribution < 1.29 is 14.3 Å². The zero-order valence-corrected chi connectivity index (χ0v) is 7.65. The van der Waals surface area contributed by atoms with E-state index in [0.29, 0.717) is 5.56 Å². The van der Waals surface area contributed by atoms with Crippen LogP contribution in [0.3, 0.4) is 0 Å². The Morgan fingerprint density at radius 2 is 2.31 bits per heavy atom. The second kappa shape index (κ2) is 3.22. The molecular weight excluding hydrogens is 170 g/mol. The first-order valence-corrected chi connectivity index (χ1v) is 3.97. The molecule has 0 aliphatic rings. The highest BCUT2D eigenvalue weighted by Gasteiger charge is 2.35. The molecule has 1 atom stereocenters. The summed E-state index contributed by atoms with van der Waals surface area (Å²) in [6.07, 6.45) is 2.95. The van der Waals surface area contributed by atoms with Crippen molar-refractivity contribution in [3.05, 3.63) is 24.2 Å². The number of hydrogen-bond acceptors (Lipinski definition) is 3. The van der Waals surface area contributed by atoms with Crippen molar-refractivity contribution in [3.63, 3.8) is 0 Å². The third-order valence-corrected chi connectivity index (χ3v) is 2.23. The summed E-state index contributed by atoms with van der Waals surface area (Å²) in [5, 5.41) is 8.90. The summed E-state index contributed by atoms with van der Waals surface area (Å²) in [6.45, 7) is 3.18. The van der Waals surface area contributed by atoms with Crippen molar-refractivity contribution in [1.29, 1.82) is 0 Å². The van der Waals surface area contributed by atoms with E-state index in [1.807, 2.05) is 0 Å². The van der Waals surface area contributed by atoms with Crippen LogP contribution < -0.4 is 5.73 Å². The van der Waals surface area contributed by atoms with E-state index in [-0.39, 0.29) is 0 Å². The molecule has 13 heavy (non-hydrogen) atoms. The van der Waals surface area contributed by atoms with Gasteiger partial charge in [-0.15, -0.1) is 0 Å². The average molecular weight is 183 g/mol. The molecule has 4 nitrogen and oxygen atoms in total. The predicted molar refractivity (Wildman–Crippen MR) is 47.1 cm³/mol. The predicted octanol–water partition coefficient (Wildman–Crippen LogP) is 1.39. The van der Waals surface area contributed by atoms with Gasteiger partial charge in [-0.3, -0.25) is 4.79 Å². The summed E-state index contributed by atoms with van der Waals surface area (Å²) in [5.41, 5.74) is 5.50. The highest BCUT2D eigenvalue weighted by molar-refractivity contribution is 5.74. The third kappa shape index (κ3) is 1.72. The van der Waals surface area contributed by atoms with Crippen LogP contribution in [0.2, 0.25) is 0 Å². The zero-order chi connectivity index (χ0) is 10.1. The first kappa shape index (κ1) is 9.80. The molecule has 0 saturated heterocycles. The van der Waals surface area contributed by atoms with E-state index in [9.17, 15) is 4.79 Å². The van der Waals surface area contributed by atoms with Crippen LogP contribution in [0.25, 0.3) is 0 Å².